The van der Waals surface area contributed by atoms with E-state index in [0.717, 1.165) is 40.7 Å². The van der Waals surface area contributed by atoms with Crippen LogP contribution in [0.5, 0.6) is 0 Å². The summed E-state index contributed by atoms with van der Waals surface area (Å²) in [6, 6.07) is 11.7. The zero-order valence-corrected chi connectivity index (χ0v) is 14.1. The molecule has 0 fully saturated rings. The van der Waals surface area contributed by atoms with Gasteiger partial charge in [-0.3, -0.25) is 0 Å². The van der Waals surface area contributed by atoms with Crippen molar-refractivity contribution >= 4 is 28.2 Å². The van der Waals surface area contributed by atoms with E-state index in [-0.39, 0.29) is 0 Å². The first-order chi connectivity index (χ1) is 11.1. The van der Waals surface area contributed by atoms with Crippen molar-refractivity contribution in [1.29, 1.82) is 0 Å². The predicted octanol–water partition coefficient (Wildman–Crippen LogP) is 5.31. The van der Waals surface area contributed by atoms with E-state index in [2.05, 4.69) is 18.0 Å². The summed E-state index contributed by atoms with van der Waals surface area (Å²) in [5, 5.41) is 10.3. The molecule has 3 rings (SSSR count). The zero-order valence-electron chi connectivity index (χ0n) is 13.3. The molecular weight excluding hydrogens is 306 g/mol. The Bertz CT molecular complexity index is 867. The summed E-state index contributed by atoms with van der Waals surface area (Å²) in [6.45, 7) is 4.19. The van der Waals surface area contributed by atoms with Crippen LogP contribution in [0.25, 0.3) is 21.5 Å². The molecule has 0 saturated heterocycles. The summed E-state index contributed by atoms with van der Waals surface area (Å²) in [5.74, 6) is -0.903. The van der Waals surface area contributed by atoms with Crippen LogP contribution in [0.15, 0.2) is 36.4 Å². The van der Waals surface area contributed by atoms with Gasteiger partial charge in [-0.05, 0) is 55.7 Å². The molecule has 23 heavy (non-hydrogen) atoms. The number of carboxylic acids is 1. The fourth-order valence-electron chi connectivity index (χ4n) is 2.68. The van der Waals surface area contributed by atoms with Gasteiger partial charge < -0.3 is 5.11 Å². The number of carboxylic acid groups (broad SMARTS) is 1. The highest BCUT2D eigenvalue weighted by Crippen LogP contribution is 2.30. The molecule has 4 heteroatoms. The van der Waals surface area contributed by atoms with Crippen LogP contribution in [-0.4, -0.2) is 16.1 Å². The van der Waals surface area contributed by atoms with Gasteiger partial charge in [0.1, 0.15) is 0 Å². The van der Waals surface area contributed by atoms with Gasteiger partial charge in [-0.15, -0.1) is 11.3 Å². The molecule has 0 unspecified atom stereocenters. The molecule has 3 aromatic rings. The fraction of sp³-hybridized carbons (Fsp3) is 0.263. The summed E-state index contributed by atoms with van der Waals surface area (Å²) < 4.78 is 0. The van der Waals surface area contributed by atoms with Crippen LogP contribution in [0, 0.1) is 6.92 Å². The molecule has 0 amide bonds. The first kappa shape index (κ1) is 15.7. The molecule has 0 aliphatic heterocycles. The molecule has 0 bridgehead atoms. The predicted molar refractivity (Wildman–Crippen MR) is 95.4 cm³/mol. The second kappa shape index (κ2) is 6.50. The third-order valence-electron chi connectivity index (χ3n) is 3.92. The van der Waals surface area contributed by atoms with E-state index in [0.29, 0.717) is 5.56 Å². The molecule has 2 aromatic heterocycles. The average molecular weight is 325 g/mol. The SMILES string of the molecule is CCCCc1ccc2nc(-c3ccc(C)s3)cc(C(=O)O)c2c1. The normalized spacial score (nSPS) is 11.0. The highest BCUT2D eigenvalue weighted by Gasteiger charge is 2.14. The van der Waals surface area contributed by atoms with Crippen molar-refractivity contribution in [3.05, 3.63) is 52.4 Å². The van der Waals surface area contributed by atoms with Gasteiger partial charge in [0.2, 0.25) is 0 Å². The molecule has 0 aliphatic rings. The van der Waals surface area contributed by atoms with Crippen molar-refractivity contribution in [3.63, 3.8) is 0 Å². The van der Waals surface area contributed by atoms with E-state index >= 15 is 0 Å². The fourth-order valence-corrected chi connectivity index (χ4v) is 3.51. The average Bonchev–Trinajstić information content (AvgIpc) is 2.98. The van der Waals surface area contributed by atoms with Crippen molar-refractivity contribution in [2.45, 2.75) is 33.1 Å². The van der Waals surface area contributed by atoms with Crippen LogP contribution in [0.2, 0.25) is 0 Å². The number of aromatic carboxylic acids is 1. The smallest absolute Gasteiger partial charge is 0.336 e. The number of carbonyl (C=O) groups is 1. The molecular formula is C19H19NO2S. The number of rotatable bonds is 5. The summed E-state index contributed by atoms with van der Waals surface area (Å²) in [5.41, 5.74) is 2.97. The lowest BCUT2D eigenvalue weighted by Crippen LogP contribution is -2.00. The van der Waals surface area contributed by atoms with Crippen molar-refractivity contribution in [2.75, 3.05) is 0 Å². The van der Waals surface area contributed by atoms with Crippen LogP contribution in [0.1, 0.15) is 40.6 Å². The van der Waals surface area contributed by atoms with Gasteiger partial charge in [0.25, 0.3) is 0 Å². The summed E-state index contributed by atoms with van der Waals surface area (Å²) >= 11 is 1.63. The number of aromatic nitrogens is 1. The molecule has 0 aliphatic carbocycles. The Hall–Kier alpha value is -2.20. The van der Waals surface area contributed by atoms with Gasteiger partial charge in [-0.2, -0.15) is 0 Å². The van der Waals surface area contributed by atoms with Gasteiger partial charge in [-0.25, -0.2) is 9.78 Å². The lowest BCUT2D eigenvalue weighted by atomic mass is 10.0. The van der Waals surface area contributed by atoms with E-state index in [1.807, 2.05) is 31.2 Å². The van der Waals surface area contributed by atoms with E-state index in [1.54, 1.807) is 17.4 Å². The van der Waals surface area contributed by atoms with E-state index < -0.39 is 5.97 Å². The van der Waals surface area contributed by atoms with Crippen molar-refractivity contribution < 1.29 is 9.90 Å². The zero-order chi connectivity index (χ0) is 16.4. The minimum atomic E-state index is -0.903. The molecule has 0 saturated carbocycles. The number of hydrogen-bond donors (Lipinski definition) is 1. The van der Waals surface area contributed by atoms with Crippen LogP contribution >= 0.6 is 11.3 Å². The number of thiophene rings is 1. The van der Waals surface area contributed by atoms with E-state index in [4.69, 9.17) is 0 Å². The number of pyridine rings is 1. The van der Waals surface area contributed by atoms with Crippen LogP contribution in [0.4, 0.5) is 0 Å². The Morgan fingerprint density at radius 3 is 2.70 bits per heavy atom. The maximum absolute atomic E-state index is 11.7. The third kappa shape index (κ3) is 3.27. The van der Waals surface area contributed by atoms with Gasteiger partial charge >= 0.3 is 5.97 Å². The van der Waals surface area contributed by atoms with Crippen LogP contribution in [-0.2, 0) is 6.42 Å². The van der Waals surface area contributed by atoms with E-state index in [9.17, 15) is 9.90 Å². The molecule has 0 radical (unpaired) electrons. The topological polar surface area (TPSA) is 50.2 Å². The number of aryl methyl sites for hydroxylation is 2. The lowest BCUT2D eigenvalue weighted by molar-refractivity contribution is 0.0699. The molecule has 1 aromatic carbocycles. The first-order valence-corrected chi connectivity index (χ1v) is 8.64. The van der Waals surface area contributed by atoms with Gasteiger partial charge in [-0.1, -0.05) is 19.4 Å². The number of hydrogen-bond acceptors (Lipinski definition) is 3. The minimum absolute atomic E-state index is 0.328. The van der Waals surface area contributed by atoms with Gasteiger partial charge in [0.05, 0.1) is 21.7 Å². The Balaban J connectivity index is 2.15. The second-order valence-corrected chi connectivity index (χ2v) is 7.01. The monoisotopic (exact) mass is 325 g/mol. The summed E-state index contributed by atoms with van der Waals surface area (Å²) in [4.78, 5) is 18.6. The Morgan fingerprint density at radius 1 is 1.22 bits per heavy atom. The molecule has 3 nitrogen and oxygen atoms in total. The lowest BCUT2D eigenvalue weighted by Gasteiger charge is -2.08. The molecule has 0 spiro atoms. The molecule has 1 N–H and O–H groups in total. The van der Waals surface area contributed by atoms with E-state index in [1.165, 1.54) is 10.4 Å². The highest BCUT2D eigenvalue weighted by atomic mass is 32.1. The second-order valence-electron chi connectivity index (χ2n) is 5.73. The maximum Gasteiger partial charge on any atom is 0.336 e. The molecule has 2 heterocycles. The Morgan fingerprint density at radius 2 is 2.04 bits per heavy atom. The van der Waals surface area contributed by atoms with Crippen molar-refractivity contribution in [2.24, 2.45) is 0 Å². The number of nitrogens with zero attached hydrogens (tertiary/aromatic N) is 1. The van der Waals surface area contributed by atoms with Crippen molar-refractivity contribution in [3.8, 4) is 10.6 Å². The minimum Gasteiger partial charge on any atom is -0.478 e. The number of unbranched alkanes of at least 4 members (excludes halogenated alkanes) is 1. The third-order valence-corrected chi connectivity index (χ3v) is 4.94. The standard InChI is InChI=1S/C19H19NO2S/c1-3-4-5-13-7-8-16-14(10-13)15(19(21)22)11-17(20-16)18-9-6-12(2)23-18/h6-11H,3-5H2,1-2H3,(H,21,22). The first-order valence-electron chi connectivity index (χ1n) is 7.82. The van der Waals surface area contributed by atoms with Gasteiger partial charge in [0, 0.05) is 10.3 Å². The number of fused-ring (bicyclic) bond motifs is 1. The summed E-state index contributed by atoms with van der Waals surface area (Å²) in [6.07, 6.45) is 3.20. The van der Waals surface area contributed by atoms with Crippen LogP contribution in [0.3, 0.4) is 0 Å². The quantitative estimate of drug-likeness (QED) is 0.691. The largest absolute Gasteiger partial charge is 0.478 e. The Labute approximate surface area is 139 Å². The Kier molecular flexibility index (Phi) is 4.44. The number of benzene rings is 1. The summed E-state index contributed by atoms with van der Waals surface area (Å²) in [7, 11) is 0. The molecule has 118 valence electrons. The van der Waals surface area contributed by atoms with Gasteiger partial charge in [0.15, 0.2) is 0 Å². The highest BCUT2D eigenvalue weighted by molar-refractivity contribution is 7.15. The van der Waals surface area contributed by atoms with Crippen molar-refractivity contribution in [1.82, 2.24) is 4.98 Å². The molecule has 0 atom stereocenters. The maximum atomic E-state index is 11.7. The van der Waals surface area contributed by atoms with Crippen LogP contribution < -0.4 is 0 Å².